The van der Waals surface area contributed by atoms with E-state index < -0.39 is 0 Å². The average molecular weight is 286 g/mol. The molecule has 1 unspecified atom stereocenters. The highest BCUT2D eigenvalue weighted by Gasteiger charge is 2.16. The van der Waals surface area contributed by atoms with E-state index in [1.807, 2.05) is 18.2 Å². The maximum Gasteiger partial charge on any atom is 0.251 e. The molecule has 4 nitrogen and oxygen atoms in total. The van der Waals surface area contributed by atoms with Crippen LogP contribution in [0.2, 0.25) is 0 Å². The normalized spacial score (nSPS) is 18.9. The largest absolute Gasteiger partial charge is 0.381 e. The summed E-state index contributed by atoms with van der Waals surface area (Å²) in [7, 11) is 0. The highest BCUT2D eigenvalue weighted by atomic mass is 16.5. The van der Waals surface area contributed by atoms with E-state index in [2.05, 4.69) is 24.1 Å². The van der Waals surface area contributed by atoms with Crippen molar-refractivity contribution in [3.05, 3.63) is 35.0 Å². The Hall–Kier alpha value is -1.81. The highest BCUT2D eigenvalue weighted by molar-refractivity contribution is 5.99. The smallest absolute Gasteiger partial charge is 0.251 e. The number of hydrogen-bond acceptors (Lipinski definition) is 2. The number of amides is 1. The van der Waals surface area contributed by atoms with Crippen LogP contribution in [0.25, 0.3) is 10.9 Å². The van der Waals surface area contributed by atoms with Gasteiger partial charge in [0.1, 0.15) is 0 Å². The van der Waals surface area contributed by atoms with Crippen molar-refractivity contribution < 1.29 is 9.53 Å². The topological polar surface area (TPSA) is 54.1 Å². The number of benzene rings is 1. The quantitative estimate of drug-likeness (QED) is 0.911. The molecule has 1 atom stereocenters. The van der Waals surface area contributed by atoms with E-state index in [4.69, 9.17) is 4.74 Å². The van der Waals surface area contributed by atoms with Gasteiger partial charge in [-0.25, -0.2) is 0 Å². The number of hydrogen-bond donors (Lipinski definition) is 2. The van der Waals surface area contributed by atoms with Gasteiger partial charge >= 0.3 is 0 Å². The first kappa shape index (κ1) is 14.1. The summed E-state index contributed by atoms with van der Waals surface area (Å²) in [5, 5.41) is 4.16. The average Bonchev–Trinajstić information content (AvgIpc) is 2.80. The van der Waals surface area contributed by atoms with Gasteiger partial charge in [-0.15, -0.1) is 0 Å². The predicted molar refractivity (Wildman–Crippen MR) is 83.6 cm³/mol. The Morgan fingerprint density at radius 3 is 3.05 bits per heavy atom. The second kappa shape index (κ2) is 5.90. The van der Waals surface area contributed by atoms with Gasteiger partial charge in [-0.3, -0.25) is 4.79 Å². The van der Waals surface area contributed by atoms with E-state index >= 15 is 0 Å². The molecule has 0 spiro atoms. The van der Waals surface area contributed by atoms with Gasteiger partial charge in [-0.1, -0.05) is 0 Å². The van der Waals surface area contributed by atoms with Gasteiger partial charge < -0.3 is 15.0 Å². The van der Waals surface area contributed by atoms with E-state index in [-0.39, 0.29) is 5.91 Å². The third kappa shape index (κ3) is 2.95. The second-order valence-corrected chi connectivity index (χ2v) is 5.93. The second-order valence-electron chi connectivity index (χ2n) is 5.93. The first-order chi connectivity index (χ1) is 10.1. The van der Waals surface area contributed by atoms with Gasteiger partial charge in [0.05, 0.1) is 6.61 Å². The monoisotopic (exact) mass is 286 g/mol. The van der Waals surface area contributed by atoms with Gasteiger partial charge in [-0.05, 0) is 56.4 Å². The molecule has 1 aliphatic heterocycles. The van der Waals surface area contributed by atoms with Gasteiger partial charge in [-0.2, -0.15) is 0 Å². The van der Waals surface area contributed by atoms with Gasteiger partial charge in [0.2, 0.25) is 0 Å². The van der Waals surface area contributed by atoms with Crippen LogP contribution < -0.4 is 5.32 Å². The molecule has 0 aliphatic carbocycles. The number of aromatic nitrogens is 1. The van der Waals surface area contributed by atoms with Gasteiger partial charge in [0.15, 0.2) is 0 Å². The number of aryl methyl sites for hydroxylation is 2. The Bertz CT molecular complexity index is 654. The summed E-state index contributed by atoms with van der Waals surface area (Å²) in [4.78, 5) is 15.6. The number of carbonyl (C=O) groups is 1. The van der Waals surface area contributed by atoms with Crippen molar-refractivity contribution in [2.45, 2.75) is 26.7 Å². The van der Waals surface area contributed by atoms with Crippen LogP contribution in [0.1, 0.15) is 34.5 Å². The van der Waals surface area contributed by atoms with E-state index in [9.17, 15) is 4.79 Å². The van der Waals surface area contributed by atoms with Crippen molar-refractivity contribution in [3.8, 4) is 0 Å². The zero-order chi connectivity index (χ0) is 14.8. The third-order valence-corrected chi connectivity index (χ3v) is 4.38. The van der Waals surface area contributed by atoms with Crippen molar-refractivity contribution in [2.75, 3.05) is 19.8 Å². The number of rotatable bonds is 3. The molecular formula is C17H22N2O2. The Kier molecular flexibility index (Phi) is 3.97. The van der Waals surface area contributed by atoms with Crippen LogP contribution in [0.3, 0.4) is 0 Å². The van der Waals surface area contributed by atoms with Crippen molar-refractivity contribution >= 4 is 16.8 Å². The molecule has 1 aromatic heterocycles. The van der Waals surface area contributed by atoms with Crippen LogP contribution in [-0.2, 0) is 4.74 Å². The molecule has 0 bridgehead atoms. The summed E-state index contributed by atoms with van der Waals surface area (Å²) >= 11 is 0. The molecule has 0 saturated carbocycles. The van der Waals surface area contributed by atoms with E-state index in [1.165, 1.54) is 5.56 Å². The van der Waals surface area contributed by atoms with Crippen LogP contribution in [-0.4, -0.2) is 30.6 Å². The van der Waals surface area contributed by atoms with E-state index in [0.29, 0.717) is 12.5 Å². The molecule has 0 radical (unpaired) electrons. The first-order valence-electron chi connectivity index (χ1n) is 7.60. The van der Waals surface area contributed by atoms with Gasteiger partial charge in [0, 0.05) is 35.3 Å². The van der Waals surface area contributed by atoms with Crippen LogP contribution in [0, 0.1) is 19.8 Å². The Labute approximate surface area is 124 Å². The number of aromatic amines is 1. The lowest BCUT2D eigenvalue weighted by atomic mass is 10.0. The number of carbonyl (C=O) groups excluding carboxylic acids is 1. The minimum Gasteiger partial charge on any atom is -0.381 e. The molecule has 1 aromatic carbocycles. The van der Waals surface area contributed by atoms with Crippen molar-refractivity contribution in [3.63, 3.8) is 0 Å². The fraction of sp³-hybridized carbons (Fsp3) is 0.471. The van der Waals surface area contributed by atoms with Crippen molar-refractivity contribution in [2.24, 2.45) is 5.92 Å². The lowest BCUT2D eigenvalue weighted by molar-refractivity contribution is 0.0536. The molecule has 3 rings (SSSR count). The summed E-state index contributed by atoms with van der Waals surface area (Å²) in [5.41, 5.74) is 4.17. The fourth-order valence-electron chi connectivity index (χ4n) is 2.91. The summed E-state index contributed by atoms with van der Waals surface area (Å²) in [6.45, 7) is 6.44. The molecule has 1 saturated heterocycles. The van der Waals surface area contributed by atoms with Crippen LogP contribution >= 0.6 is 0 Å². The number of H-pyrrole nitrogens is 1. The molecule has 4 heteroatoms. The Balaban J connectivity index is 1.70. The van der Waals surface area contributed by atoms with E-state index in [1.54, 1.807) is 0 Å². The van der Waals surface area contributed by atoms with Crippen LogP contribution in [0.15, 0.2) is 18.2 Å². The Morgan fingerprint density at radius 2 is 2.29 bits per heavy atom. The minimum absolute atomic E-state index is 0.000673. The zero-order valence-electron chi connectivity index (χ0n) is 12.7. The number of fused-ring (bicyclic) bond motifs is 1. The summed E-state index contributed by atoms with van der Waals surface area (Å²) in [5.74, 6) is 0.448. The number of ether oxygens (including phenoxy) is 1. The lowest BCUT2D eigenvalue weighted by Crippen LogP contribution is -2.33. The lowest BCUT2D eigenvalue weighted by Gasteiger charge is -2.22. The minimum atomic E-state index is 0.000673. The molecule has 1 aliphatic rings. The first-order valence-corrected chi connectivity index (χ1v) is 7.60. The maximum atomic E-state index is 12.3. The molecule has 2 heterocycles. The maximum absolute atomic E-state index is 12.3. The van der Waals surface area contributed by atoms with Crippen molar-refractivity contribution in [1.29, 1.82) is 0 Å². The van der Waals surface area contributed by atoms with Crippen LogP contribution in [0.4, 0.5) is 0 Å². The Morgan fingerprint density at radius 1 is 1.43 bits per heavy atom. The SMILES string of the molecule is Cc1[nH]c2ccc(C(=O)NCC3CCCOC3)cc2c1C. The summed E-state index contributed by atoms with van der Waals surface area (Å²) < 4.78 is 5.44. The molecule has 1 amide bonds. The standard InChI is InChI=1S/C17H22N2O2/c1-11-12(2)19-16-6-5-14(8-15(11)16)17(20)18-9-13-4-3-7-21-10-13/h5-6,8,13,19H,3-4,7,9-10H2,1-2H3,(H,18,20). The molecule has 1 fully saturated rings. The number of nitrogens with one attached hydrogen (secondary N) is 2. The molecule has 2 aromatic rings. The highest BCUT2D eigenvalue weighted by Crippen LogP contribution is 2.22. The van der Waals surface area contributed by atoms with Crippen molar-refractivity contribution in [1.82, 2.24) is 10.3 Å². The third-order valence-electron chi connectivity index (χ3n) is 4.38. The predicted octanol–water partition coefficient (Wildman–Crippen LogP) is 2.94. The zero-order valence-corrected chi connectivity index (χ0v) is 12.7. The summed E-state index contributed by atoms with van der Waals surface area (Å²) in [6, 6.07) is 5.83. The molecule has 112 valence electrons. The van der Waals surface area contributed by atoms with Crippen LogP contribution in [0.5, 0.6) is 0 Å². The van der Waals surface area contributed by atoms with E-state index in [0.717, 1.165) is 48.2 Å². The fourth-order valence-corrected chi connectivity index (χ4v) is 2.91. The molecular weight excluding hydrogens is 264 g/mol. The van der Waals surface area contributed by atoms with Gasteiger partial charge in [0.25, 0.3) is 5.91 Å². The molecule has 21 heavy (non-hydrogen) atoms. The molecule has 2 N–H and O–H groups in total. The summed E-state index contributed by atoms with van der Waals surface area (Å²) in [6.07, 6.45) is 2.23.